The second-order valence-corrected chi connectivity index (χ2v) is 10.4. The van der Waals surface area contributed by atoms with Gasteiger partial charge in [-0.15, -0.1) is 0 Å². The molecule has 0 aliphatic carbocycles. The predicted molar refractivity (Wildman–Crippen MR) is 140 cm³/mol. The van der Waals surface area contributed by atoms with E-state index in [2.05, 4.69) is 20.6 Å². The molecule has 3 heterocycles. The molecule has 2 aromatic carbocycles. The number of anilines is 1. The summed E-state index contributed by atoms with van der Waals surface area (Å²) in [5.41, 5.74) is 2.10. The average molecular weight is 532 g/mol. The Labute approximate surface area is 218 Å². The molecule has 0 spiro atoms. The lowest BCUT2D eigenvalue weighted by Crippen LogP contribution is -2.42. The van der Waals surface area contributed by atoms with Gasteiger partial charge in [0, 0.05) is 23.0 Å². The fraction of sp³-hybridized carbons (Fsp3) is 0.423. The standard InChI is InChI=1S/C26H28Cl2FN5O2/c1-14-25-16(8-17(27)9-19(25)28)4-6-34(14)24(35)13-31-22-11-21-18(10-20(22)29)26(36)33-23(32-21)7-15-3-2-5-30-12-15/h8-11,14-15,30-31H,2-7,12-13H2,1H3,(H,32,33,36). The van der Waals surface area contributed by atoms with Gasteiger partial charge in [-0.25, -0.2) is 9.37 Å². The Balaban J connectivity index is 1.32. The molecule has 3 aromatic rings. The summed E-state index contributed by atoms with van der Waals surface area (Å²) in [5.74, 6) is 0.202. The highest BCUT2D eigenvalue weighted by Gasteiger charge is 2.29. The molecule has 2 unspecified atom stereocenters. The summed E-state index contributed by atoms with van der Waals surface area (Å²) in [6, 6.07) is 6.01. The third-order valence-electron chi connectivity index (χ3n) is 7.16. The molecule has 0 bridgehead atoms. The van der Waals surface area contributed by atoms with Gasteiger partial charge in [-0.1, -0.05) is 23.2 Å². The Morgan fingerprint density at radius 3 is 2.89 bits per heavy atom. The van der Waals surface area contributed by atoms with Crippen LogP contribution >= 0.6 is 23.2 Å². The Hall–Kier alpha value is -2.68. The summed E-state index contributed by atoms with van der Waals surface area (Å²) in [4.78, 5) is 34.8. The van der Waals surface area contributed by atoms with Gasteiger partial charge in [-0.2, -0.15) is 0 Å². The fourth-order valence-corrected chi connectivity index (χ4v) is 6.02. The molecule has 10 heteroatoms. The summed E-state index contributed by atoms with van der Waals surface area (Å²) < 4.78 is 14.8. The monoisotopic (exact) mass is 531 g/mol. The lowest BCUT2D eigenvalue weighted by atomic mass is 9.93. The van der Waals surface area contributed by atoms with E-state index in [9.17, 15) is 14.0 Å². The SMILES string of the molecule is CC1c2c(Cl)cc(Cl)cc2CCN1C(=O)CNc1cc2nc(CC3CCCNC3)[nH]c(=O)c2cc1F. The number of fused-ring (bicyclic) bond motifs is 2. The van der Waals surface area contributed by atoms with Crippen LogP contribution in [0.2, 0.25) is 10.0 Å². The van der Waals surface area contributed by atoms with Gasteiger partial charge in [0.25, 0.3) is 5.56 Å². The normalized spacial score (nSPS) is 19.8. The lowest BCUT2D eigenvalue weighted by molar-refractivity contribution is -0.131. The first kappa shape index (κ1) is 25.0. The van der Waals surface area contributed by atoms with E-state index in [4.69, 9.17) is 23.2 Å². The van der Waals surface area contributed by atoms with E-state index in [1.807, 2.05) is 13.0 Å². The lowest BCUT2D eigenvalue weighted by Gasteiger charge is -2.36. The second kappa shape index (κ2) is 10.4. The fourth-order valence-electron chi connectivity index (χ4n) is 5.33. The maximum Gasteiger partial charge on any atom is 0.258 e. The Kier molecular flexibility index (Phi) is 7.19. The molecule has 0 radical (unpaired) electrons. The van der Waals surface area contributed by atoms with Crippen molar-refractivity contribution in [2.45, 2.75) is 38.6 Å². The summed E-state index contributed by atoms with van der Waals surface area (Å²) in [7, 11) is 0. The van der Waals surface area contributed by atoms with Gasteiger partial charge in [-0.05, 0) is 80.6 Å². The molecule has 1 amide bonds. The average Bonchev–Trinajstić information content (AvgIpc) is 2.83. The van der Waals surface area contributed by atoms with E-state index in [1.165, 1.54) is 12.1 Å². The van der Waals surface area contributed by atoms with Crippen molar-refractivity contribution in [3.63, 3.8) is 0 Å². The van der Waals surface area contributed by atoms with Crippen molar-refractivity contribution in [2.24, 2.45) is 5.92 Å². The summed E-state index contributed by atoms with van der Waals surface area (Å²) in [6.07, 6.45) is 3.46. The van der Waals surface area contributed by atoms with Crippen molar-refractivity contribution >= 4 is 45.7 Å². The number of piperidine rings is 1. The number of aromatic amines is 1. The van der Waals surface area contributed by atoms with E-state index in [-0.39, 0.29) is 35.1 Å². The summed E-state index contributed by atoms with van der Waals surface area (Å²) in [6.45, 7) is 4.23. The van der Waals surface area contributed by atoms with Crippen LogP contribution < -0.4 is 16.2 Å². The Morgan fingerprint density at radius 1 is 1.28 bits per heavy atom. The van der Waals surface area contributed by atoms with Crippen LogP contribution in [0.25, 0.3) is 10.9 Å². The van der Waals surface area contributed by atoms with Crippen molar-refractivity contribution in [3.8, 4) is 0 Å². The molecule has 5 rings (SSSR count). The number of hydrogen-bond donors (Lipinski definition) is 3. The van der Waals surface area contributed by atoms with Gasteiger partial charge in [-0.3, -0.25) is 9.59 Å². The van der Waals surface area contributed by atoms with Crippen molar-refractivity contribution < 1.29 is 9.18 Å². The molecule has 1 aromatic heterocycles. The smallest absolute Gasteiger partial charge is 0.258 e. The predicted octanol–water partition coefficient (Wildman–Crippen LogP) is 4.47. The first-order valence-corrected chi connectivity index (χ1v) is 13.0. The molecule has 1 fully saturated rings. The molecular formula is C26H28Cl2FN5O2. The number of halogens is 3. The van der Waals surface area contributed by atoms with Crippen LogP contribution in [0.5, 0.6) is 0 Å². The quantitative estimate of drug-likeness (QED) is 0.451. The van der Waals surface area contributed by atoms with E-state index >= 15 is 0 Å². The molecule has 7 nitrogen and oxygen atoms in total. The molecule has 36 heavy (non-hydrogen) atoms. The van der Waals surface area contributed by atoms with Crippen LogP contribution in [-0.2, 0) is 17.6 Å². The highest BCUT2D eigenvalue weighted by molar-refractivity contribution is 6.35. The number of benzene rings is 2. The molecule has 2 atom stereocenters. The van der Waals surface area contributed by atoms with Crippen LogP contribution in [0.15, 0.2) is 29.1 Å². The highest BCUT2D eigenvalue weighted by Crippen LogP contribution is 2.37. The Morgan fingerprint density at radius 2 is 2.11 bits per heavy atom. The number of nitrogens with one attached hydrogen (secondary N) is 3. The van der Waals surface area contributed by atoms with Gasteiger partial charge in [0.1, 0.15) is 11.6 Å². The zero-order valence-electron chi connectivity index (χ0n) is 20.0. The van der Waals surface area contributed by atoms with Gasteiger partial charge in [0.05, 0.1) is 29.2 Å². The van der Waals surface area contributed by atoms with Crippen molar-refractivity contribution in [1.82, 2.24) is 20.2 Å². The van der Waals surface area contributed by atoms with Gasteiger partial charge < -0.3 is 20.5 Å². The Bertz CT molecular complexity index is 1370. The number of hydrogen-bond acceptors (Lipinski definition) is 5. The zero-order valence-corrected chi connectivity index (χ0v) is 21.5. The number of nitrogens with zero attached hydrogens (tertiary/aromatic N) is 2. The van der Waals surface area contributed by atoms with Crippen LogP contribution in [0, 0.1) is 11.7 Å². The van der Waals surface area contributed by atoms with E-state index in [1.54, 1.807) is 11.0 Å². The number of H-pyrrole nitrogens is 1. The number of carbonyl (C=O) groups is 1. The number of carbonyl (C=O) groups excluding carboxylic acids is 1. The minimum absolute atomic E-state index is 0.100. The topological polar surface area (TPSA) is 90.1 Å². The van der Waals surface area contributed by atoms with Crippen molar-refractivity contribution in [3.05, 3.63) is 67.4 Å². The molecule has 2 aliphatic heterocycles. The van der Waals surface area contributed by atoms with E-state index < -0.39 is 5.82 Å². The first-order chi connectivity index (χ1) is 17.3. The molecule has 190 valence electrons. The van der Waals surface area contributed by atoms with Crippen LogP contribution in [-0.4, -0.2) is 47.0 Å². The maximum absolute atomic E-state index is 14.8. The number of aromatic nitrogens is 2. The summed E-state index contributed by atoms with van der Waals surface area (Å²) >= 11 is 12.6. The van der Waals surface area contributed by atoms with Crippen molar-refractivity contribution in [2.75, 3.05) is 31.5 Å². The number of amides is 1. The molecular weight excluding hydrogens is 504 g/mol. The number of rotatable bonds is 5. The zero-order chi connectivity index (χ0) is 25.4. The minimum Gasteiger partial charge on any atom is -0.374 e. The minimum atomic E-state index is -0.610. The van der Waals surface area contributed by atoms with Gasteiger partial charge in [0.15, 0.2) is 0 Å². The first-order valence-electron chi connectivity index (χ1n) is 12.2. The second-order valence-electron chi connectivity index (χ2n) is 9.61. The highest BCUT2D eigenvalue weighted by atomic mass is 35.5. The largest absolute Gasteiger partial charge is 0.374 e. The third kappa shape index (κ3) is 5.08. The molecule has 1 saturated heterocycles. The van der Waals surface area contributed by atoms with Gasteiger partial charge in [0.2, 0.25) is 5.91 Å². The maximum atomic E-state index is 14.8. The molecule has 2 aliphatic rings. The van der Waals surface area contributed by atoms with Crippen molar-refractivity contribution in [1.29, 1.82) is 0 Å². The van der Waals surface area contributed by atoms with Crippen LogP contribution in [0.3, 0.4) is 0 Å². The third-order valence-corrected chi connectivity index (χ3v) is 7.69. The molecule has 0 saturated carbocycles. The molecule has 3 N–H and O–H groups in total. The van der Waals surface area contributed by atoms with Gasteiger partial charge >= 0.3 is 0 Å². The van der Waals surface area contributed by atoms with E-state index in [0.717, 1.165) is 37.1 Å². The van der Waals surface area contributed by atoms with Crippen LogP contribution in [0.1, 0.15) is 42.8 Å². The summed E-state index contributed by atoms with van der Waals surface area (Å²) in [5, 5.41) is 7.56. The van der Waals surface area contributed by atoms with E-state index in [0.29, 0.717) is 46.7 Å². The van der Waals surface area contributed by atoms with Crippen LogP contribution in [0.4, 0.5) is 10.1 Å².